The smallest absolute Gasteiger partial charge is 0.545 e. The molecule has 0 aliphatic heterocycles. The molecule has 0 saturated heterocycles. The first-order valence-corrected chi connectivity index (χ1v) is 7.20. The van der Waals surface area contributed by atoms with Gasteiger partial charge in [0.25, 0.3) is 0 Å². The predicted molar refractivity (Wildman–Crippen MR) is 90.2 cm³/mol. The Labute approximate surface area is 160 Å². The molecule has 2 aromatic rings. The molecule has 0 fully saturated rings. The number of carboxylic acids is 2. The zero-order valence-electron chi connectivity index (χ0n) is 14.9. The van der Waals surface area contributed by atoms with Crippen LogP contribution in [0, 0.1) is 0 Å². The van der Waals surface area contributed by atoms with Crippen molar-refractivity contribution >= 4 is 23.3 Å². The summed E-state index contributed by atoms with van der Waals surface area (Å²) >= 11 is 0. The van der Waals surface area contributed by atoms with Gasteiger partial charge in [-0.25, -0.2) is 0 Å². The van der Waals surface area contributed by atoms with Gasteiger partial charge in [-0.05, 0) is 35.4 Å². The molecule has 7 heteroatoms. The van der Waals surface area contributed by atoms with Crippen molar-refractivity contribution in [1.29, 1.82) is 0 Å². The number of rotatable bonds is 4. The molecule has 128 valence electrons. The Hall–Kier alpha value is -2.40. The second kappa shape index (κ2) is 10.5. The van der Waals surface area contributed by atoms with Gasteiger partial charge in [-0.2, -0.15) is 0 Å². The van der Waals surface area contributed by atoms with E-state index >= 15 is 0 Å². The Kier molecular flexibility index (Phi) is 9.46. The van der Waals surface area contributed by atoms with E-state index in [9.17, 15) is 19.8 Å². The quantitative estimate of drug-likeness (QED) is 0.691. The minimum Gasteiger partial charge on any atom is -0.545 e. The number of carbonyl (C=O) groups excluding carboxylic acids is 2. The molecule has 0 saturated carbocycles. The fourth-order valence-corrected chi connectivity index (χ4v) is 1.79. The van der Waals surface area contributed by atoms with Crippen LogP contribution in [0.5, 0.6) is 0 Å². The van der Waals surface area contributed by atoms with Crippen LogP contribution in [0.3, 0.4) is 0 Å². The summed E-state index contributed by atoms with van der Waals surface area (Å²) in [5.41, 5.74) is 2.36. The first-order valence-electron chi connectivity index (χ1n) is 7.20. The van der Waals surface area contributed by atoms with Gasteiger partial charge in [-0.3, -0.25) is 0 Å². The molecule has 0 N–H and O–H groups in total. The van der Waals surface area contributed by atoms with Crippen LogP contribution in [0.4, 0.5) is 11.4 Å². The topological polar surface area (TPSA) is 86.7 Å². The molecule has 0 atom stereocenters. The molecule has 0 bridgehead atoms. The van der Waals surface area contributed by atoms with Gasteiger partial charge in [0.05, 0.1) is 11.9 Å². The van der Waals surface area contributed by atoms with Gasteiger partial charge in [0.15, 0.2) is 0 Å². The predicted octanol–water partition coefficient (Wildman–Crippen LogP) is 0.230. The number of carboxylic acid groups (broad SMARTS) is 2. The van der Waals surface area contributed by atoms with Crippen LogP contribution in [-0.4, -0.2) is 40.1 Å². The summed E-state index contributed by atoms with van der Waals surface area (Å²) in [4.78, 5) is 24.5. The van der Waals surface area contributed by atoms with Crippen LogP contribution < -0.4 is 20.0 Å². The van der Waals surface area contributed by atoms with Crippen molar-refractivity contribution in [2.75, 3.05) is 38.0 Å². The Bertz CT molecular complexity index is 622. The SMILES string of the molecule is CN(C)c1ccc(C(=O)[O-])cc1.CN(C)c1ccc(C(=O)[O-])cc1.[Zn+2]. The van der Waals surface area contributed by atoms with Crippen molar-refractivity contribution in [3.8, 4) is 0 Å². The Morgan fingerprint density at radius 2 is 0.880 bits per heavy atom. The second-order valence-corrected chi connectivity index (χ2v) is 5.46. The minimum atomic E-state index is -1.14. The molecule has 25 heavy (non-hydrogen) atoms. The van der Waals surface area contributed by atoms with Gasteiger partial charge in [0.1, 0.15) is 0 Å². The molecule has 0 radical (unpaired) electrons. The summed E-state index contributed by atoms with van der Waals surface area (Å²) in [6.45, 7) is 0. The number of anilines is 2. The first-order chi connectivity index (χ1) is 11.2. The van der Waals surface area contributed by atoms with Crippen LogP contribution in [0.2, 0.25) is 0 Å². The van der Waals surface area contributed by atoms with Crippen molar-refractivity contribution in [3.05, 3.63) is 59.7 Å². The van der Waals surface area contributed by atoms with E-state index in [2.05, 4.69) is 0 Å². The first kappa shape index (κ1) is 22.6. The van der Waals surface area contributed by atoms with E-state index in [0.717, 1.165) is 11.4 Å². The Morgan fingerprint density at radius 1 is 0.640 bits per heavy atom. The largest absolute Gasteiger partial charge is 2.00 e. The minimum absolute atomic E-state index is 0. The van der Waals surface area contributed by atoms with E-state index in [1.165, 1.54) is 24.3 Å². The number of carbonyl (C=O) groups is 2. The normalized spacial score (nSPS) is 9.12. The van der Waals surface area contributed by atoms with E-state index in [0.29, 0.717) is 0 Å². The van der Waals surface area contributed by atoms with Crippen molar-refractivity contribution in [2.24, 2.45) is 0 Å². The second-order valence-electron chi connectivity index (χ2n) is 5.46. The summed E-state index contributed by atoms with van der Waals surface area (Å²) in [6, 6.07) is 13.1. The summed E-state index contributed by atoms with van der Waals surface area (Å²) in [5.74, 6) is -2.28. The van der Waals surface area contributed by atoms with Crippen LogP contribution in [0.1, 0.15) is 20.7 Å². The summed E-state index contributed by atoms with van der Waals surface area (Å²) in [5, 5.41) is 20.7. The van der Waals surface area contributed by atoms with E-state index in [1.54, 1.807) is 24.3 Å². The number of aromatic carboxylic acids is 2. The molecule has 0 aliphatic carbocycles. The summed E-state index contributed by atoms with van der Waals surface area (Å²) in [7, 11) is 7.59. The van der Waals surface area contributed by atoms with Crippen molar-refractivity contribution < 1.29 is 39.3 Å². The monoisotopic (exact) mass is 392 g/mol. The maximum Gasteiger partial charge on any atom is 2.00 e. The van der Waals surface area contributed by atoms with Crippen LogP contribution >= 0.6 is 0 Å². The van der Waals surface area contributed by atoms with Gasteiger partial charge >= 0.3 is 19.5 Å². The number of hydrogen-bond donors (Lipinski definition) is 0. The molecule has 2 aromatic carbocycles. The molecule has 0 unspecified atom stereocenters. The number of benzene rings is 2. The summed E-state index contributed by atoms with van der Waals surface area (Å²) in [6.07, 6.45) is 0. The average molecular weight is 394 g/mol. The third-order valence-electron chi connectivity index (χ3n) is 3.24. The molecular formula is C18H20N2O4Zn. The fraction of sp³-hybridized carbons (Fsp3) is 0.222. The zero-order chi connectivity index (χ0) is 18.3. The molecule has 2 rings (SSSR count). The number of hydrogen-bond acceptors (Lipinski definition) is 6. The van der Waals surface area contributed by atoms with Gasteiger partial charge in [-0.15, -0.1) is 0 Å². The maximum atomic E-state index is 10.4. The third-order valence-corrected chi connectivity index (χ3v) is 3.24. The molecule has 0 amide bonds. The number of nitrogens with zero attached hydrogens (tertiary/aromatic N) is 2. The van der Waals surface area contributed by atoms with Gasteiger partial charge < -0.3 is 29.6 Å². The maximum absolute atomic E-state index is 10.4. The molecule has 0 aromatic heterocycles. The van der Waals surface area contributed by atoms with Crippen LogP contribution in [-0.2, 0) is 19.5 Å². The Morgan fingerprint density at radius 3 is 1.04 bits per heavy atom. The molecule has 6 nitrogen and oxygen atoms in total. The Balaban J connectivity index is 0.000000443. The molecule has 0 aliphatic rings. The van der Waals surface area contributed by atoms with E-state index in [-0.39, 0.29) is 30.6 Å². The van der Waals surface area contributed by atoms with E-state index in [4.69, 9.17) is 0 Å². The average Bonchev–Trinajstić information content (AvgIpc) is 2.55. The third kappa shape index (κ3) is 7.35. The molecular weight excluding hydrogens is 374 g/mol. The van der Waals surface area contributed by atoms with Crippen LogP contribution in [0.15, 0.2) is 48.5 Å². The van der Waals surface area contributed by atoms with Crippen molar-refractivity contribution in [2.45, 2.75) is 0 Å². The van der Waals surface area contributed by atoms with E-state index in [1.807, 2.05) is 38.0 Å². The standard InChI is InChI=1S/2C9H11NO2.Zn/c2*1-10(2)8-5-3-7(4-6-8)9(11)12;/h2*3-6H,1-2H3,(H,11,12);/q;;+2/p-2. The van der Waals surface area contributed by atoms with E-state index < -0.39 is 11.9 Å². The van der Waals surface area contributed by atoms with Crippen molar-refractivity contribution in [3.63, 3.8) is 0 Å². The van der Waals surface area contributed by atoms with Crippen molar-refractivity contribution in [1.82, 2.24) is 0 Å². The van der Waals surface area contributed by atoms with Gasteiger partial charge in [0, 0.05) is 39.6 Å². The fourth-order valence-electron chi connectivity index (χ4n) is 1.79. The summed E-state index contributed by atoms with van der Waals surface area (Å²) < 4.78 is 0. The molecule has 0 heterocycles. The van der Waals surface area contributed by atoms with Crippen LogP contribution in [0.25, 0.3) is 0 Å². The molecule has 0 spiro atoms. The zero-order valence-corrected chi connectivity index (χ0v) is 17.8. The van der Waals surface area contributed by atoms with Gasteiger partial charge in [0.2, 0.25) is 0 Å². The van der Waals surface area contributed by atoms with Gasteiger partial charge in [-0.1, -0.05) is 24.3 Å².